The first kappa shape index (κ1) is 11.6. The van der Waals surface area contributed by atoms with Gasteiger partial charge in [-0.2, -0.15) is 0 Å². The van der Waals surface area contributed by atoms with Crippen LogP contribution >= 0.6 is 31.9 Å². The van der Waals surface area contributed by atoms with Crippen LogP contribution in [0.5, 0.6) is 5.88 Å². The van der Waals surface area contributed by atoms with Crippen LogP contribution in [0.25, 0.3) is 0 Å². The van der Waals surface area contributed by atoms with E-state index in [-0.39, 0.29) is 0 Å². The number of hydrogen-bond donors (Lipinski definition) is 0. The van der Waals surface area contributed by atoms with Crippen molar-refractivity contribution >= 4 is 31.9 Å². The van der Waals surface area contributed by atoms with E-state index in [1.54, 1.807) is 6.20 Å². The molecule has 0 atom stereocenters. The van der Waals surface area contributed by atoms with Gasteiger partial charge in [0.1, 0.15) is 6.61 Å². The van der Waals surface area contributed by atoms with Crippen LogP contribution < -0.4 is 4.74 Å². The van der Waals surface area contributed by atoms with Crippen molar-refractivity contribution in [2.24, 2.45) is 0 Å². The van der Waals surface area contributed by atoms with Gasteiger partial charge in [-0.25, -0.2) is 4.98 Å². The molecule has 0 amide bonds. The van der Waals surface area contributed by atoms with Gasteiger partial charge in [0.2, 0.25) is 5.88 Å². The normalized spacial score (nSPS) is 10.1. The number of nitrogens with zero attached hydrogens (tertiary/aromatic N) is 1. The van der Waals surface area contributed by atoms with Gasteiger partial charge in [-0.1, -0.05) is 30.3 Å². The summed E-state index contributed by atoms with van der Waals surface area (Å²) in [6, 6.07) is 11.9. The van der Waals surface area contributed by atoms with Crippen LogP contribution in [0.1, 0.15) is 5.56 Å². The van der Waals surface area contributed by atoms with Gasteiger partial charge in [0.15, 0.2) is 0 Å². The third-order valence-electron chi connectivity index (χ3n) is 1.99. The van der Waals surface area contributed by atoms with E-state index in [0.717, 1.165) is 14.5 Å². The quantitative estimate of drug-likeness (QED) is 0.834. The first-order chi connectivity index (χ1) is 7.75. The summed E-state index contributed by atoms with van der Waals surface area (Å²) in [5, 5.41) is 0. The summed E-state index contributed by atoms with van der Waals surface area (Å²) in [5.74, 6) is 0.604. The average Bonchev–Trinajstić information content (AvgIpc) is 2.29. The highest BCUT2D eigenvalue weighted by molar-refractivity contribution is 9.11. The number of benzene rings is 1. The van der Waals surface area contributed by atoms with E-state index in [2.05, 4.69) is 36.8 Å². The van der Waals surface area contributed by atoms with E-state index in [9.17, 15) is 0 Å². The van der Waals surface area contributed by atoms with Gasteiger partial charge in [0.05, 0.1) is 4.47 Å². The number of halogens is 2. The van der Waals surface area contributed by atoms with Gasteiger partial charge in [0.25, 0.3) is 0 Å². The summed E-state index contributed by atoms with van der Waals surface area (Å²) >= 11 is 6.75. The molecular formula is C12H9Br2NO. The lowest BCUT2D eigenvalue weighted by Gasteiger charge is -2.06. The van der Waals surface area contributed by atoms with Crippen molar-refractivity contribution in [1.82, 2.24) is 4.98 Å². The Kier molecular flexibility index (Phi) is 3.96. The molecule has 2 nitrogen and oxygen atoms in total. The summed E-state index contributed by atoms with van der Waals surface area (Å²) in [6.07, 6.45) is 1.71. The van der Waals surface area contributed by atoms with Crippen LogP contribution in [0, 0.1) is 0 Å². The minimum atomic E-state index is 0.522. The molecule has 0 aliphatic rings. The molecule has 0 saturated carbocycles. The molecule has 0 N–H and O–H groups in total. The average molecular weight is 343 g/mol. The van der Waals surface area contributed by atoms with Gasteiger partial charge < -0.3 is 4.74 Å². The summed E-state index contributed by atoms with van der Waals surface area (Å²) < 4.78 is 7.37. The second-order valence-electron chi connectivity index (χ2n) is 3.21. The van der Waals surface area contributed by atoms with Gasteiger partial charge in [-0.3, -0.25) is 0 Å². The highest BCUT2D eigenvalue weighted by atomic mass is 79.9. The smallest absolute Gasteiger partial charge is 0.228 e. The van der Waals surface area contributed by atoms with Crippen molar-refractivity contribution in [2.45, 2.75) is 6.61 Å². The lowest BCUT2D eigenvalue weighted by Crippen LogP contribution is -1.97. The van der Waals surface area contributed by atoms with E-state index < -0.39 is 0 Å². The minimum absolute atomic E-state index is 0.522. The molecule has 0 unspecified atom stereocenters. The highest BCUT2D eigenvalue weighted by Crippen LogP contribution is 2.25. The Balaban J connectivity index is 2.05. The van der Waals surface area contributed by atoms with Gasteiger partial charge >= 0.3 is 0 Å². The molecule has 0 aliphatic carbocycles. The Labute approximate surface area is 111 Å². The Morgan fingerprint density at radius 2 is 1.88 bits per heavy atom. The fraction of sp³-hybridized carbons (Fsp3) is 0.0833. The molecule has 1 heterocycles. The maximum atomic E-state index is 5.60. The van der Waals surface area contributed by atoms with Crippen LogP contribution in [0.3, 0.4) is 0 Å². The van der Waals surface area contributed by atoms with Crippen molar-refractivity contribution in [2.75, 3.05) is 0 Å². The van der Waals surface area contributed by atoms with E-state index >= 15 is 0 Å². The molecule has 1 aromatic carbocycles. The Morgan fingerprint density at radius 1 is 1.12 bits per heavy atom. The van der Waals surface area contributed by atoms with Crippen molar-refractivity contribution < 1.29 is 4.74 Å². The summed E-state index contributed by atoms with van der Waals surface area (Å²) in [5.41, 5.74) is 1.12. The SMILES string of the molecule is Brc1cnc(OCc2ccccc2)c(Br)c1. The number of rotatable bonds is 3. The zero-order valence-electron chi connectivity index (χ0n) is 8.36. The third kappa shape index (κ3) is 3.06. The monoisotopic (exact) mass is 341 g/mol. The minimum Gasteiger partial charge on any atom is -0.472 e. The fourth-order valence-corrected chi connectivity index (χ4v) is 2.34. The second kappa shape index (κ2) is 5.46. The van der Waals surface area contributed by atoms with E-state index in [1.165, 1.54) is 0 Å². The summed E-state index contributed by atoms with van der Waals surface area (Å²) in [6.45, 7) is 0.522. The van der Waals surface area contributed by atoms with Crippen molar-refractivity contribution in [3.8, 4) is 5.88 Å². The fourth-order valence-electron chi connectivity index (χ4n) is 1.23. The van der Waals surface area contributed by atoms with E-state index in [4.69, 9.17) is 4.74 Å². The molecule has 0 bridgehead atoms. The lowest BCUT2D eigenvalue weighted by molar-refractivity contribution is 0.291. The standard InChI is InChI=1S/C12H9Br2NO/c13-10-6-11(14)12(15-7-10)16-8-9-4-2-1-3-5-9/h1-7H,8H2. The van der Waals surface area contributed by atoms with Crippen molar-refractivity contribution in [3.63, 3.8) is 0 Å². The Hall–Kier alpha value is -0.870. The van der Waals surface area contributed by atoms with Crippen molar-refractivity contribution in [1.29, 1.82) is 0 Å². The van der Waals surface area contributed by atoms with Crippen LogP contribution in [-0.4, -0.2) is 4.98 Å². The topological polar surface area (TPSA) is 22.1 Å². The molecule has 0 saturated heterocycles. The molecule has 1 aromatic heterocycles. The molecule has 0 fully saturated rings. The zero-order valence-corrected chi connectivity index (χ0v) is 11.5. The van der Waals surface area contributed by atoms with Crippen LogP contribution in [0.15, 0.2) is 51.5 Å². The largest absolute Gasteiger partial charge is 0.472 e. The molecule has 2 rings (SSSR count). The molecule has 82 valence electrons. The van der Waals surface area contributed by atoms with Crippen LogP contribution in [0.2, 0.25) is 0 Å². The number of pyridine rings is 1. The molecule has 0 spiro atoms. The highest BCUT2D eigenvalue weighted by Gasteiger charge is 2.03. The van der Waals surface area contributed by atoms with Crippen molar-refractivity contribution in [3.05, 3.63) is 57.1 Å². The molecule has 0 aliphatic heterocycles. The molecule has 4 heteroatoms. The van der Waals surface area contributed by atoms with Crippen LogP contribution in [0.4, 0.5) is 0 Å². The van der Waals surface area contributed by atoms with Crippen LogP contribution in [-0.2, 0) is 6.61 Å². The van der Waals surface area contributed by atoms with E-state index in [0.29, 0.717) is 12.5 Å². The Morgan fingerprint density at radius 3 is 2.56 bits per heavy atom. The maximum Gasteiger partial charge on any atom is 0.228 e. The van der Waals surface area contributed by atoms with Gasteiger partial charge in [0, 0.05) is 10.7 Å². The number of hydrogen-bond acceptors (Lipinski definition) is 2. The third-order valence-corrected chi connectivity index (χ3v) is 2.99. The number of ether oxygens (including phenoxy) is 1. The first-order valence-corrected chi connectivity index (χ1v) is 6.32. The molecule has 0 radical (unpaired) electrons. The predicted molar refractivity (Wildman–Crippen MR) is 70.4 cm³/mol. The zero-order chi connectivity index (χ0) is 11.4. The predicted octanol–water partition coefficient (Wildman–Crippen LogP) is 4.19. The van der Waals surface area contributed by atoms with E-state index in [1.807, 2.05) is 36.4 Å². The first-order valence-electron chi connectivity index (χ1n) is 4.73. The summed E-state index contributed by atoms with van der Waals surface area (Å²) in [7, 11) is 0. The molecule has 16 heavy (non-hydrogen) atoms. The Bertz CT molecular complexity index is 474. The maximum absolute atomic E-state index is 5.60. The second-order valence-corrected chi connectivity index (χ2v) is 4.98. The molecule has 2 aromatic rings. The lowest BCUT2D eigenvalue weighted by atomic mass is 10.2. The van der Waals surface area contributed by atoms with Gasteiger partial charge in [-0.05, 0) is 43.5 Å². The molecular weight excluding hydrogens is 334 g/mol. The van der Waals surface area contributed by atoms with Gasteiger partial charge in [-0.15, -0.1) is 0 Å². The number of aromatic nitrogens is 1. The summed E-state index contributed by atoms with van der Waals surface area (Å²) in [4.78, 5) is 4.18.